The molecular weight excluding hydrogens is 378 g/mol. The second-order valence-electron chi connectivity index (χ2n) is 6.26. The molecule has 0 bridgehead atoms. The van der Waals surface area contributed by atoms with Crippen molar-refractivity contribution in [2.45, 2.75) is 13.8 Å². The zero-order chi connectivity index (χ0) is 19.0. The Kier molecular flexibility index (Phi) is 4.72. The van der Waals surface area contributed by atoms with Crippen LogP contribution in [0.25, 0.3) is 21.3 Å². The second kappa shape index (κ2) is 7.18. The number of methoxy groups -OCH3 is 1. The van der Waals surface area contributed by atoms with Gasteiger partial charge in [0.2, 0.25) is 0 Å². The molecular formula is C21H18ClN3OS. The summed E-state index contributed by atoms with van der Waals surface area (Å²) in [5, 5.41) is 7.28. The Morgan fingerprint density at radius 3 is 2.56 bits per heavy atom. The Balaban J connectivity index is 1.86. The molecule has 6 heteroatoms. The van der Waals surface area contributed by atoms with Crippen LogP contribution < -0.4 is 10.1 Å². The molecule has 2 heterocycles. The Hall–Kier alpha value is -2.63. The van der Waals surface area contributed by atoms with E-state index in [0.717, 1.165) is 50.0 Å². The van der Waals surface area contributed by atoms with Gasteiger partial charge in [0, 0.05) is 21.7 Å². The summed E-state index contributed by atoms with van der Waals surface area (Å²) in [7, 11) is 1.67. The summed E-state index contributed by atoms with van der Waals surface area (Å²) in [6.45, 7) is 3.95. The second-order valence-corrected chi connectivity index (χ2v) is 7.56. The van der Waals surface area contributed by atoms with Gasteiger partial charge in [0.25, 0.3) is 0 Å². The van der Waals surface area contributed by atoms with Gasteiger partial charge in [-0.3, -0.25) is 0 Å². The summed E-state index contributed by atoms with van der Waals surface area (Å²) < 4.78 is 5.27. The first kappa shape index (κ1) is 17.8. The van der Waals surface area contributed by atoms with E-state index in [-0.39, 0.29) is 0 Å². The molecule has 2 aromatic carbocycles. The first-order valence-electron chi connectivity index (χ1n) is 8.48. The number of benzene rings is 2. The maximum atomic E-state index is 6.18. The van der Waals surface area contributed by atoms with Crippen LogP contribution in [0.15, 0.2) is 47.8 Å². The number of hydrogen-bond donors (Lipinski definition) is 1. The molecule has 0 radical (unpaired) electrons. The molecule has 4 aromatic rings. The molecule has 4 rings (SSSR count). The number of ether oxygens (including phenoxy) is 1. The number of hydrogen-bond acceptors (Lipinski definition) is 5. The number of aryl methyl sites for hydroxylation is 2. The molecule has 2 aromatic heterocycles. The molecule has 27 heavy (non-hydrogen) atoms. The van der Waals surface area contributed by atoms with Crippen molar-refractivity contribution in [3.05, 3.63) is 64.3 Å². The quantitative estimate of drug-likeness (QED) is 0.435. The van der Waals surface area contributed by atoms with E-state index in [1.165, 1.54) is 0 Å². The molecule has 0 spiro atoms. The average molecular weight is 396 g/mol. The molecule has 0 saturated heterocycles. The summed E-state index contributed by atoms with van der Waals surface area (Å²) >= 11 is 7.80. The van der Waals surface area contributed by atoms with Gasteiger partial charge in [-0.15, -0.1) is 11.3 Å². The van der Waals surface area contributed by atoms with Crippen molar-refractivity contribution in [3.63, 3.8) is 0 Å². The van der Waals surface area contributed by atoms with Gasteiger partial charge in [-0.25, -0.2) is 9.97 Å². The van der Waals surface area contributed by atoms with Gasteiger partial charge >= 0.3 is 0 Å². The van der Waals surface area contributed by atoms with E-state index in [0.29, 0.717) is 5.02 Å². The number of halogens is 1. The minimum Gasteiger partial charge on any atom is -0.497 e. The molecule has 0 aliphatic heterocycles. The molecule has 0 saturated carbocycles. The average Bonchev–Trinajstić information content (AvgIpc) is 3.08. The lowest BCUT2D eigenvalue weighted by Gasteiger charge is -2.12. The lowest BCUT2D eigenvalue weighted by molar-refractivity contribution is 0.415. The lowest BCUT2D eigenvalue weighted by atomic mass is 10.1. The van der Waals surface area contributed by atoms with E-state index in [2.05, 4.69) is 32.8 Å². The van der Waals surface area contributed by atoms with Crippen molar-refractivity contribution >= 4 is 44.7 Å². The predicted octanol–water partition coefficient (Wildman–Crippen LogP) is 6.38. The largest absolute Gasteiger partial charge is 0.497 e. The minimum absolute atomic E-state index is 0.686. The third-order valence-corrected chi connectivity index (χ3v) is 5.51. The van der Waals surface area contributed by atoms with Gasteiger partial charge in [0.1, 0.15) is 22.2 Å². The normalized spacial score (nSPS) is 11.0. The van der Waals surface area contributed by atoms with Crippen LogP contribution in [0, 0.1) is 13.8 Å². The number of nitrogens with zero attached hydrogens (tertiary/aromatic N) is 2. The monoisotopic (exact) mass is 395 g/mol. The fourth-order valence-corrected chi connectivity index (χ4v) is 4.14. The van der Waals surface area contributed by atoms with Crippen LogP contribution in [0.4, 0.5) is 11.5 Å². The topological polar surface area (TPSA) is 47.0 Å². The van der Waals surface area contributed by atoms with Crippen LogP contribution in [-0.2, 0) is 0 Å². The Morgan fingerprint density at radius 2 is 1.81 bits per heavy atom. The Morgan fingerprint density at radius 1 is 1.04 bits per heavy atom. The van der Waals surface area contributed by atoms with Crippen molar-refractivity contribution in [1.82, 2.24) is 9.97 Å². The Bertz CT molecular complexity index is 1120. The highest BCUT2D eigenvalue weighted by Crippen LogP contribution is 2.38. The molecule has 0 aliphatic rings. The predicted molar refractivity (Wildman–Crippen MR) is 114 cm³/mol. The van der Waals surface area contributed by atoms with E-state index in [4.69, 9.17) is 16.3 Å². The van der Waals surface area contributed by atoms with Crippen molar-refractivity contribution in [1.29, 1.82) is 0 Å². The molecule has 0 fully saturated rings. The van der Waals surface area contributed by atoms with Gasteiger partial charge < -0.3 is 10.1 Å². The molecule has 0 unspecified atom stereocenters. The molecule has 4 nitrogen and oxygen atoms in total. The van der Waals surface area contributed by atoms with Crippen molar-refractivity contribution < 1.29 is 4.74 Å². The first-order valence-corrected chi connectivity index (χ1v) is 9.74. The van der Waals surface area contributed by atoms with Gasteiger partial charge in [0.05, 0.1) is 12.5 Å². The van der Waals surface area contributed by atoms with Crippen LogP contribution >= 0.6 is 22.9 Å². The number of rotatable bonds is 4. The van der Waals surface area contributed by atoms with Gasteiger partial charge in [0.15, 0.2) is 0 Å². The van der Waals surface area contributed by atoms with Crippen LogP contribution in [0.1, 0.15) is 11.4 Å². The summed E-state index contributed by atoms with van der Waals surface area (Å²) in [5.41, 5.74) is 4.24. The molecule has 1 N–H and O–H groups in total. The molecule has 0 aliphatic carbocycles. The number of anilines is 2. The van der Waals surface area contributed by atoms with Crippen LogP contribution in [0.3, 0.4) is 0 Å². The van der Waals surface area contributed by atoms with Gasteiger partial charge in [-0.1, -0.05) is 29.8 Å². The fraction of sp³-hybridized carbons (Fsp3) is 0.143. The maximum Gasteiger partial charge on any atom is 0.143 e. The summed E-state index contributed by atoms with van der Waals surface area (Å²) in [5.74, 6) is 2.35. The van der Waals surface area contributed by atoms with Crippen molar-refractivity contribution in [2.24, 2.45) is 0 Å². The minimum atomic E-state index is 0.686. The highest BCUT2D eigenvalue weighted by atomic mass is 35.5. The number of nitrogens with one attached hydrogen (secondary N) is 1. The summed E-state index contributed by atoms with van der Waals surface area (Å²) in [6.07, 6.45) is 0. The third kappa shape index (κ3) is 3.48. The van der Waals surface area contributed by atoms with E-state index >= 15 is 0 Å². The van der Waals surface area contributed by atoms with E-state index in [1.807, 2.05) is 44.2 Å². The third-order valence-electron chi connectivity index (χ3n) is 4.40. The highest BCUT2D eigenvalue weighted by molar-refractivity contribution is 7.17. The Labute approximate surface area is 166 Å². The van der Waals surface area contributed by atoms with Gasteiger partial charge in [-0.05, 0) is 49.2 Å². The van der Waals surface area contributed by atoms with Crippen LogP contribution in [-0.4, -0.2) is 17.1 Å². The SMILES string of the molecule is COc1ccc(-c2csc3nc(C)nc(Nc4cc(Cl)ccc4C)c23)cc1. The van der Waals surface area contributed by atoms with Crippen LogP contribution in [0.2, 0.25) is 5.02 Å². The van der Waals surface area contributed by atoms with Crippen LogP contribution in [0.5, 0.6) is 5.75 Å². The fourth-order valence-electron chi connectivity index (χ4n) is 2.98. The summed E-state index contributed by atoms with van der Waals surface area (Å²) in [4.78, 5) is 10.2. The maximum absolute atomic E-state index is 6.18. The van der Waals surface area contributed by atoms with E-state index < -0.39 is 0 Å². The molecule has 0 atom stereocenters. The van der Waals surface area contributed by atoms with Crippen molar-refractivity contribution in [3.8, 4) is 16.9 Å². The number of aromatic nitrogens is 2. The van der Waals surface area contributed by atoms with Crippen molar-refractivity contribution in [2.75, 3.05) is 12.4 Å². The van der Waals surface area contributed by atoms with E-state index in [9.17, 15) is 0 Å². The molecule has 0 amide bonds. The first-order chi connectivity index (χ1) is 13.0. The number of thiophene rings is 1. The smallest absolute Gasteiger partial charge is 0.143 e. The standard InChI is InChI=1S/C21H18ClN3OS/c1-12-4-7-15(22)10-18(12)25-20-19-17(11-27-21(19)24-13(2)23-20)14-5-8-16(26-3)9-6-14/h4-11H,1-3H3,(H,23,24,25). The zero-order valence-corrected chi connectivity index (χ0v) is 16.8. The zero-order valence-electron chi connectivity index (χ0n) is 15.2. The summed E-state index contributed by atoms with van der Waals surface area (Å²) in [6, 6.07) is 13.8. The highest BCUT2D eigenvalue weighted by Gasteiger charge is 2.15. The lowest BCUT2D eigenvalue weighted by Crippen LogP contribution is -2.00. The molecule has 136 valence electrons. The van der Waals surface area contributed by atoms with E-state index in [1.54, 1.807) is 18.4 Å². The number of fused-ring (bicyclic) bond motifs is 1. The van der Waals surface area contributed by atoms with Gasteiger partial charge in [-0.2, -0.15) is 0 Å².